The number of para-hydroxylation sites is 1. The highest BCUT2D eigenvalue weighted by Crippen LogP contribution is 2.67. The molecule has 3 heterocycles. The monoisotopic (exact) mass is 542 g/mol. The number of Topliss-reactive ketones (excluding diaryl/α,β-unsaturated/α-hetero) is 3. The SMILES string of the molecule is CC1=CC(C)CC=CC2C3OC3(C)C(C)C3C(C(C)c4c[nH]c5ccccc45)NC(=O)C23C(=O)CCC(=O)C1=O. The number of nitrogens with one attached hydrogen (secondary N) is 2. The maximum Gasteiger partial charge on any atom is 0.235 e. The lowest BCUT2D eigenvalue weighted by Gasteiger charge is -2.46. The fourth-order valence-corrected chi connectivity index (χ4v) is 8.13. The van der Waals surface area contributed by atoms with E-state index in [1.807, 2.05) is 49.5 Å². The maximum atomic E-state index is 14.4. The van der Waals surface area contributed by atoms with Crippen LogP contribution >= 0.6 is 0 Å². The minimum atomic E-state index is -1.37. The lowest BCUT2D eigenvalue weighted by Crippen LogP contribution is -2.58. The number of rotatable bonds is 2. The third-order valence-corrected chi connectivity index (χ3v) is 10.5. The number of H-pyrrole nitrogens is 1. The van der Waals surface area contributed by atoms with Gasteiger partial charge in [-0.2, -0.15) is 0 Å². The number of carbonyl (C=O) groups excluding carboxylic acids is 4. The first-order valence-corrected chi connectivity index (χ1v) is 14.5. The van der Waals surface area contributed by atoms with Gasteiger partial charge in [-0.15, -0.1) is 0 Å². The quantitative estimate of drug-likeness (QED) is 0.245. The Hall–Kier alpha value is -3.32. The van der Waals surface area contributed by atoms with Crippen LogP contribution in [0.3, 0.4) is 0 Å². The van der Waals surface area contributed by atoms with E-state index in [0.717, 1.165) is 16.5 Å². The summed E-state index contributed by atoms with van der Waals surface area (Å²) in [5.41, 5.74) is 0.705. The largest absolute Gasteiger partial charge is 0.365 e. The number of allylic oxidation sites excluding steroid dienone is 3. The van der Waals surface area contributed by atoms with Crippen LogP contribution in [0.1, 0.15) is 65.4 Å². The molecule has 2 aliphatic carbocycles. The van der Waals surface area contributed by atoms with E-state index < -0.39 is 28.5 Å². The Bertz CT molecular complexity index is 1480. The Morgan fingerprint density at radius 3 is 2.60 bits per heavy atom. The van der Waals surface area contributed by atoms with E-state index in [2.05, 4.69) is 37.1 Å². The second kappa shape index (κ2) is 9.37. The van der Waals surface area contributed by atoms with Crippen LogP contribution in [0.15, 0.2) is 54.3 Å². The number of carbonyl (C=O) groups is 4. The highest BCUT2D eigenvalue weighted by molar-refractivity contribution is 6.43. The Labute approximate surface area is 234 Å². The second-order valence-electron chi connectivity index (χ2n) is 12.7. The molecule has 2 saturated heterocycles. The van der Waals surface area contributed by atoms with E-state index >= 15 is 0 Å². The molecule has 9 unspecified atom stereocenters. The van der Waals surface area contributed by atoms with Crippen LogP contribution in [0.25, 0.3) is 10.9 Å². The summed E-state index contributed by atoms with van der Waals surface area (Å²) in [4.78, 5) is 57.7. The average molecular weight is 543 g/mol. The third kappa shape index (κ3) is 3.73. The number of epoxide rings is 1. The number of ketones is 3. The van der Waals surface area contributed by atoms with Gasteiger partial charge in [0, 0.05) is 53.7 Å². The third-order valence-electron chi connectivity index (χ3n) is 10.5. The molecule has 2 N–H and O–H groups in total. The van der Waals surface area contributed by atoms with Gasteiger partial charge in [-0.1, -0.05) is 57.2 Å². The molecule has 6 rings (SSSR count). The zero-order valence-corrected chi connectivity index (χ0v) is 23.8. The normalized spacial score (nSPS) is 38.8. The number of ether oxygens (including phenoxy) is 1. The highest BCUT2D eigenvalue weighted by Gasteiger charge is 2.78. The fraction of sp³-hybridized carbons (Fsp3) is 0.515. The molecule has 4 aliphatic rings. The minimum Gasteiger partial charge on any atom is -0.365 e. The van der Waals surface area contributed by atoms with E-state index in [9.17, 15) is 19.2 Å². The zero-order valence-electron chi connectivity index (χ0n) is 23.8. The summed E-state index contributed by atoms with van der Waals surface area (Å²) in [6.07, 6.45) is 7.89. The van der Waals surface area contributed by atoms with Crippen molar-refractivity contribution in [2.45, 2.75) is 77.5 Å². The van der Waals surface area contributed by atoms with Crippen LogP contribution in [0.5, 0.6) is 0 Å². The molecule has 210 valence electrons. The van der Waals surface area contributed by atoms with Gasteiger partial charge in [0.15, 0.2) is 0 Å². The summed E-state index contributed by atoms with van der Waals surface area (Å²) in [6.45, 7) is 9.96. The predicted octanol–water partition coefficient (Wildman–Crippen LogP) is 4.83. The standard InChI is InChI=1S/C33H38N2O5/c1-17-9-8-11-23-30-32(5,40-30)20(4)27-28(19(3)22-16-34-24-12-7-6-10-21(22)24)35-31(39)33(23,27)26(37)14-13-25(36)29(38)18(2)15-17/h6-8,10-12,15-17,19-20,23,27-28,30,34H,9,13-14H2,1-5H3,(H,35,39). The fourth-order valence-electron chi connectivity index (χ4n) is 8.13. The molecule has 7 heteroatoms. The van der Waals surface area contributed by atoms with E-state index in [4.69, 9.17) is 4.74 Å². The highest BCUT2D eigenvalue weighted by atomic mass is 16.6. The van der Waals surface area contributed by atoms with Crippen molar-refractivity contribution in [1.29, 1.82) is 0 Å². The molecule has 3 fully saturated rings. The molecule has 0 radical (unpaired) electrons. The Kier molecular flexibility index (Phi) is 6.30. The number of aromatic nitrogens is 1. The number of benzene rings is 1. The van der Waals surface area contributed by atoms with Crippen molar-refractivity contribution in [3.8, 4) is 0 Å². The molecule has 2 aliphatic heterocycles. The molecule has 7 nitrogen and oxygen atoms in total. The van der Waals surface area contributed by atoms with Gasteiger partial charge in [0.2, 0.25) is 17.5 Å². The summed E-state index contributed by atoms with van der Waals surface area (Å²) in [6, 6.07) is 7.79. The summed E-state index contributed by atoms with van der Waals surface area (Å²) < 4.78 is 6.37. The van der Waals surface area contributed by atoms with E-state index in [1.165, 1.54) is 0 Å². The maximum absolute atomic E-state index is 14.4. The van der Waals surface area contributed by atoms with Gasteiger partial charge in [-0.25, -0.2) is 0 Å². The van der Waals surface area contributed by atoms with Crippen molar-refractivity contribution in [1.82, 2.24) is 10.3 Å². The van der Waals surface area contributed by atoms with Crippen molar-refractivity contribution in [2.24, 2.45) is 29.1 Å². The summed E-state index contributed by atoms with van der Waals surface area (Å²) in [7, 11) is 0. The van der Waals surface area contributed by atoms with Gasteiger partial charge in [0.1, 0.15) is 11.2 Å². The second-order valence-corrected chi connectivity index (χ2v) is 12.7. The molecule has 1 aromatic carbocycles. The van der Waals surface area contributed by atoms with Crippen molar-refractivity contribution >= 4 is 34.2 Å². The topological polar surface area (TPSA) is 109 Å². The molecule has 0 bridgehead atoms. The number of hydrogen-bond donors (Lipinski definition) is 2. The summed E-state index contributed by atoms with van der Waals surface area (Å²) in [5.74, 6) is -2.61. The number of hydrogen-bond acceptors (Lipinski definition) is 5. The van der Waals surface area contributed by atoms with Crippen LogP contribution in [-0.2, 0) is 23.9 Å². The van der Waals surface area contributed by atoms with Gasteiger partial charge in [0.05, 0.1) is 11.7 Å². The molecule has 2 aromatic rings. The molecular weight excluding hydrogens is 504 g/mol. The van der Waals surface area contributed by atoms with E-state index in [0.29, 0.717) is 12.0 Å². The van der Waals surface area contributed by atoms with Crippen molar-refractivity contribution in [3.05, 3.63) is 59.8 Å². The molecule has 9 atom stereocenters. The number of amides is 1. The van der Waals surface area contributed by atoms with Crippen LogP contribution < -0.4 is 5.32 Å². The minimum absolute atomic E-state index is 0.0252. The van der Waals surface area contributed by atoms with Crippen LogP contribution in [0.2, 0.25) is 0 Å². The van der Waals surface area contributed by atoms with Gasteiger partial charge in [-0.05, 0) is 49.3 Å². The lowest BCUT2D eigenvalue weighted by molar-refractivity contribution is -0.149. The van der Waals surface area contributed by atoms with E-state index in [1.54, 1.807) is 6.92 Å². The first-order chi connectivity index (χ1) is 19.0. The zero-order chi connectivity index (χ0) is 28.6. The molecular formula is C33H38N2O5. The van der Waals surface area contributed by atoms with E-state index in [-0.39, 0.29) is 60.3 Å². The van der Waals surface area contributed by atoms with Gasteiger partial charge in [0.25, 0.3) is 0 Å². The number of fused-ring (bicyclic) bond motifs is 3. The Morgan fingerprint density at radius 2 is 1.82 bits per heavy atom. The Balaban J connectivity index is 1.46. The van der Waals surface area contributed by atoms with Crippen molar-refractivity contribution in [2.75, 3.05) is 0 Å². The number of aromatic amines is 1. The van der Waals surface area contributed by atoms with Crippen LogP contribution in [0.4, 0.5) is 0 Å². The van der Waals surface area contributed by atoms with Crippen LogP contribution in [0, 0.1) is 29.1 Å². The first-order valence-electron chi connectivity index (χ1n) is 14.5. The molecule has 1 amide bonds. The van der Waals surface area contributed by atoms with Crippen molar-refractivity contribution in [3.63, 3.8) is 0 Å². The van der Waals surface area contributed by atoms with Gasteiger partial charge >= 0.3 is 0 Å². The molecule has 1 saturated carbocycles. The lowest BCUT2D eigenvalue weighted by atomic mass is 9.50. The molecule has 1 spiro atoms. The summed E-state index contributed by atoms with van der Waals surface area (Å²) >= 11 is 0. The average Bonchev–Trinajstić information content (AvgIpc) is 3.30. The molecule has 40 heavy (non-hydrogen) atoms. The first kappa shape index (κ1) is 26.9. The van der Waals surface area contributed by atoms with Crippen molar-refractivity contribution < 1.29 is 23.9 Å². The smallest absolute Gasteiger partial charge is 0.235 e. The Morgan fingerprint density at radius 1 is 1.07 bits per heavy atom. The van der Waals surface area contributed by atoms with Gasteiger partial charge < -0.3 is 15.0 Å². The van der Waals surface area contributed by atoms with Crippen LogP contribution in [-0.4, -0.2) is 46.0 Å². The summed E-state index contributed by atoms with van der Waals surface area (Å²) in [5, 5.41) is 4.39. The molecule has 1 aromatic heterocycles. The predicted molar refractivity (Wildman–Crippen MR) is 151 cm³/mol. The van der Waals surface area contributed by atoms with Gasteiger partial charge in [-0.3, -0.25) is 19.2 Å².